The molecule has 0 N–H and O–H groups in total. The lowest BCUT2D eigenvalue weighted by Crippen LogP contribution is -2.13. The van der Waals surface area contributed by atoms with Crippen molar-refractivity contribution in [1.82, 2.24) is 0 Å². The highest BCUT2D eigenvalue weighted by Crippen LogP contribution is 2.29. The highest BCUT2D eigenvalue weighted by Gasteiger charge is 2.17. The van der Waals surface area contributed by atoms with Crippen molar-refractivity contribution in [2.45, 2.75) is 32.6 Å². The maximum absolute atomic E-state index is 5.25. The van der Waals surface area contributed by atoms with Gasteiger partial charge in [-0.05, 0) is 48.4 Å². The van der Waals surface area contributed by atoms with E-state index in [1.807, 2.05) is 0 Å². The zero-order valence-corrected chi connectivity index (χ0v) is 9.05. The summed E-state index contributed by atoms with van der Waals surface area (Å²) in [5.41, 5.74) is 3.03. The summed E-state index contributed by atoms with van der Waals surface area (Å²) in [5, 5.41) is 0. The lowest BCUT2D eigenvalue weighted by molar-refractivity contribution is 0.409. The van der Waals surface area contributed by atoms with E-state index in [2.05, 4.69) is 25.1 Å². The molecular weight excluding hydrogens is 172 g/mol. The van der Waals surface area contributed by atoms with Gasteiger partial charge in [-0.2, -0.15) is 0 Å². The molecule has 0 heterocycles. The third-order valence-electron chi connectivity index (χ3n) is 3.32. The molecule has 0 radical (unpaired) electrons. The van der Waals surface area contributed by atoms with Crippen molar-refractivity contribution in [3.8, 4) is 5.75 Å². The van der Waals surface area contributed by atoms with E-state index in [4.69, 9.17) is 4.74 Å². The minimum atomic E-state index is 0.884. The van der Waals surface area contributed by atoms with E-state index in [-0.39, 0.29) is 0 Å². The number of rotatable bonds is 2. The Morgan fingerprint density at radius 2 is 2.21 bits per heavy atom. The molecule has 0 amide bonds. The normalized spacial score (nSPS) is 20.3. The summed E-state index contributed by atoms with van der Waals surface area (Å²) in [6.07, 6.45) is 5.15. The molecule has 1 heteroatoms. The van der Waals surface area contributed by atoms with Gasteiger partial charge >= 0.3 is 0 Å². The summed E-state index contributed by atoms with van der Waals surface area (Å²) in [6.45, 7) is 2.29. The molecule has 0 spiro atoms. The monoisotopic (exact) mass is 190 g/mol. The molecule has 1 aliphatic carbocycles. The Morgan fingerprint density at radius 1 is 1.36 bits per heavy atom. The number of ether oxygens (including phenoxy) is 1. The van der Waals surface area contributed by atoms with Crippen molar-refractivity contribution >= 4 is 0 Å². The Bertz CT molecular complexity index is 317. The van der Waals surface area contributed by atoms with Gasteiger partial charge < -0.3 is 4.74 Å². The first kappa shape index (κ1) is 9.57. The second kappa shape index (κ2) is 4.04. The molecule has 0 aliphatic heterocycles. The van der Waals surface area contributed by atoms with Crippen molar-refractivity contribution in [3.63, 3.8) is 0 Å². The Kier molecular flexibility index (Phi) is 2.76. The molecule has 1 aromatic carbocycles. The summed E-state index contributed by atoms with van der Waals surface area (Å²) in [4.78, 5) is 0. The van der Waals surface area contributed by atoms with E-state index < -0.39 is 0 Å². The SMILES string of the molecule is CCC1CCc2ccc(OC)cc2C1. The Hall–Kier alpha value is -0.980. The van der Waals surface area contributed by atoms with Crippen LogP contribution in [0.1, 0.15) is 30.9 Å². The lowest BCUT2D eigenvalue weighted by Gasteiger charge is -2.23. The zero-order valence-electron chi connectivity index (χ0n) is 9.05. The van der Waals surface area contributed by atoms with Gasteiger partial charge in [0.05, 0.1) is 7.11 Å². The third kappa shape index (κ3) is 1.77. The van der Waals surface area contributed by atoms with Crippen LogP contribution in [0.4, 0.5) is 0 Å². The van der Waals surface area contributed by atoms with Crippen LogP contribution in [0, 0.1) is 5.92 Å². The maximum Gasteiger partial charge on any atom is 0.119 e. The molecule has 0 saturated heterocycles. The van der Waals surface area contributed by atoms with E-state index in [1.165, 1.54) is 36.8 Å². The van der Waals surface area contributed by atoms with Crippen LogP contribution < -0.4 is 4.74 Å². The van der Waals surface area contributed by atoms with Gasteiger partial charge in [-0.25, -0.2) is 0 Å². The minimum absolute atomic E-state index is 0.884. The molecule has 1 aliphatic rings. The number of fused-ring (bicyclic) bond motifs is 1. The first-order valence-corrected chi connectivity index (χ1v) is 5.49. The van der Waals surface area contributed by atoms with Crippen molar-refractivity contribution in [2.75, 3.05) is 7.11 Å². The second-order valence-electron chi connectivity index (χ2n) is 4.15. The fraction of sp³-hybridized carbons (Fsp3) is 0.538. The molecule has 2 rings (SSSR count). The Labute approximate surface area is 86.1 Å². The second-order valence-corrected chi connectivity index (χ2v) is 4.15. The van der Waals surface area contributed by atoms with Gasteiger partial charge in [-0.15, -0.1) is 0 Å². The maximum atomic E-state index is 5.25. The molecule has 76 valence electrons. The lowest BCUT2D eigenvalue weighted by atomic mass is 9.82. The minimum Gasteiger partial charge on any atom is -0.497 e. The van der Waals surface area contributed by atoms with Crippen LogP contribution in [0.3, 0.4) is 0 Å². The fourth-order valence-corrected chi connectivity index (χ4v) is 2.28. The highest BCUT2D eigenvalue weighted by atomic mass is 16.5. The van der Waals surface area contributed by atoms with Gasteiger partial charge in [0, 0.05) is 0 Å². The van der Waals surface area contributed by atoms with E-state index in [0.717, 1.165) is 11.7 Å². The molecule has 1 nitrogen and oxygen atoms in total. The van der Waals surface area contributed by atoms with Gasteiger partial charge in [0.1, 0.15) is 5.75 Å². The summed E-state index contributed by atoms with van der Waals surface area (Å²) in [5.74, 6) is 1.88. The predicted octanol–water partition coefficient (Wildman–Crippen LogP) is 3.21. The fourth-order valence-electron chi connectivity index (χ4n) is 2.28. The molecule has 0 fully saturated rings. The van der Waals surface area contributed by atoms with Crippen LogP contribution in [0.15, 0.2) is 18.2 Å². The van der Waals surface area contributed by atoms with Gasteiger partial charge in [-0.1, -0.05) is 19.4 Å². The van der Waals surface area contributed by atoms with E-state index in [9.17, 15) is 0 Å². The topological polar surface area (TPSA) is 9.23 Å². The molecule has 0 saturated carbocycles. The number of hydrogen-bond donors (Lipinski definition) is 0. The molecule has 0 bridgehead atoms. The van der Waals surface area contributed by atoms with Crippen molar-refractivity contribution in [2.24, 2.45) is 5.92 Å². The summed E-state index contributed by atoms with van der Waals surface area (Å²) in [7, 11) is 1.74. The molecular formula is C13H18O. The van der Waals surface area contributed by atoms with Gasteiger partial charge in [0.15, 0.2) is 0 Å². The summed E-state index contributed by atoms with van der Waals surface area (Å²) in [6, 6.07) is 6.50. The molecule has 1 aromatic rings. The van der Waals surface area contributed by atoms with Gasteiger partial charge in [0.2, 0.25) is 0 Å². The van der Waals surface area contributed by atoms with Crippen molar-refractivity contribution in [3.05, 3.63) is 29.3 Å². The molecule has 14 heavy (non-hydrogen) atoms. The van der Waals surface area contributed by atoms with E-state index in [0.29, 0.717) is 0 Å². The largest absolute Gasteiger partial charge is 0.497 e. The highest BCUT2D eigenvalue weighted by molar-refractivity contribution is 5.37. The zero-order chi connectivity index (χ0) is 9.97. The average Bonchev–Trinajstić information content (AvgIpc) is 2.27. The van der Waals surface area contributed by atoms with Crippen LogP contribution in [0.2, 0.25) is 0 Å². The molecule has 1 atom stereocenters. The Balaban J connectivity index is 2.25. The molecule has 1 unspecified atom stereocenters. The van der Waals surface area contributed by atoms with Crippen molar-refractivity contribution < 1.29 is 4.74 Å². The van der Waals surface area contributed by atoms with Crippen LogP contribution in [0.5, 0.6) is 5.75 Å². The van der Waals surface area contributed by atoms with Crippen molar-refractivity contribution in [1.29, 1.82) is 0 Å². The first-order valence-electron chi connectivity index (χ1n) is 5.49. The number of methoxy groups -OCH3 is 1. The summed E-state index contributed by atoms with van der Waals surface area (Å²) >= 11 is 0. The first-order chi connectivity index (χ1) is 6.83. The van der Waals surface area contributed by atoms with E-state index >= 15 is 0 Å². The summed E-state index contributed by atoms with van der Waals surface area (Å²) < 4.78 is 5.25. The number of benzene rings is 1. The Morgan fingerprint density at radius 3 is 2.93 bits per heavy atom. The number of aryl methyl sites for hydroxylation is 1. The average molecular weight is 190 g/mol. The smallest absolute Gasteiger partial charge is 0.119 e. The molecule has 0 aromatic heterocycles. The van der Waals surface area contributed by atoms with E-state index in [1.54, 1.807) is 7.11 Å². The van der Waals surface area contributed by atoms with Crippen LogP contribution in [-0.4, -0.2) is 7.11 Å². The standard InChI is InChI=1S/C13H18O/c1-3-10-4-5-11-6-7-13(14-2)9-12(11)8-10/h6-7,9-10H,3-5,8H2,1-2H3. The van der Waals surface area contributed by atoms with Crippen LogP contribution in [-0.2, 0) is 12.8 Å². The van der Waals surface area contributed by atoms with Gasteiger partial charge in [-0.3, -0.25) is 0 Å². The third-order valence-corrected chi connectivity index (χ3v) is 3.32. The van der Waals surface area contributed by atoms with Crippen LogP contribution >= 0.6 is 0 Å². The predicted molar refractivity (Wildman–Crippen MR) is 58.8 cm³/mol. The van der Waals surface area contributed by atoms with Gasteiger partial charge in [0.25, 0.3) is 0 Å². The quantitative estimate of drug-likeness (QED) is 0.695. The number of hydrogen-bond acceptors (Lipinski definition) is 1. The van der Waals surface area contributed by atoms with Crippen LogP contribution in [0.25, 0.3) is 0 Å².